The van der Waals surface area contributed by atoms with E-state index in [0.717, 1.165) is 50.3 Å². The van der Waals surface area contributed by atoms with Gasteiger partial charge in [-0.2, -0.15) is 13.2 Å². The molecule has 0 bridgehead atoms. The third-order valence-electron chi connectivity index (χ3n) is 6.08. The Balaban J connectivity index is 1.48. The molecule has 1 amide bonds. The van der Waals surface area contributed by atoms with Gasteiger partial charge in [-0.25, -0.2) is 0 Å². The highest BCUT2D eigenvalue weighted by Gasteiger charge is 2.30. The number of anilines is 1. The molecule has 0 unspecified atom stereocenters. The number of amides is 1. The van der Waals surface area contributed by atoms with E-state index in [2.05, 4.69) is 17.0 Å². The number of rotatable bonds is 6. The fourth-order valence-corrected chi connectivity index (χ4v) is 4.35. The predicted octanol–water partition coefficient (Wildman–Crippen LogP) is 6.42. The summed E-state index contributed by atoms with van der Waals surface area (Å²) in [5.41, 5.74) is 1.67. The normalized spacial score (nSPS) is 15.5. The van der Waals surface area contributed by atoms with Crippen LogP contribution in [-0.2, 0) is 17.5 Å². The molecule has 1 aliphatic heterocycles. The quantitative estimate of drug-likeness (QED) is 0.393. The summed E-state index contributed by atoms with van der Waals surface area (Å²) in [4.78, 5) is 17.4. The molecule has 3 nitrogen and oxygen atoms in total. The molecule has 1 heterocycles. The third kappa shape index (κ3) is 6.14. The number of piperidine rings is 1. The van der Waals surface area contributed by atoms with Gasteiger partial charge in [0.15, 0.2) is 0 Å². The highest BCUT2D eigenvalue weighted by molar-refractivity contribution is 6.04. The number of carbonyl (C=O) groups is 1. The number of likely N-dealkylation sites (tertiary alicyclic amines) is 1. The third-order valence-corrected chi connectivity index (χ3v) is 6.08. The molecule has 0 atom stereocenters. The Morgan fingerprint density at radius 3 is 2.21 bits per heavy atom. The molecule has 6 heteroatoms. The lowest BCUT2D eigenvalue weighted by Gasteiger charge is -2.38. The molecule has 0 aromatic heterocycles. The Morgan fingerprint density at radius 1 is 0.912 bits per heavy atom. The van der Waals surface area contributed by atoms with Crippen molar-refractivity contribution in [3.8, 4) is 0 Å². The first-order chi connectivity index (χ1) is 16.4. The van der Waals surface area contributed by atoms with Gasteiger partial charge in [-0.05, 0) is 54.3 Å². The molecule has 0 saturated carbocycles. The van der Waals surface area contributed by atoms with Crippen LogP contribution in [0.5, 0.6) is 0 Å². The lowest BCUT2D eigenvalue weighted by molar-refractivity contribution is -0.137. The van der Waals surface area contributed by atoms with Crippen molar-refractivity contribution in [3.63, 3.8) is 0 Å². The summed E-state index contributed by atoms with van der Waals surface area (Å²) in [5.74, 6) is -0.231. The van der Waals surface area contributed by atoms with E-state index in [-0.39, 0.29) is 11.9 Å². The van der Waals surface area contributed by atoms with Crippen molar-refractivity contribution in [2.24, 2.45) is 0 Å². The van der Waals surface area contributed by atoms with Gasteiger partial charge in [0.2, 0.25) is 0 Å². The summed E-state index contributed by atoms with van der Waals surface area (Å²) >= 11 is 0. The van der Waals surface area contributed by atoms with Gasteiger partial charge in [0, 0.05) is 37.4 Å². The van der Waals surface area contributed by atoms with Gasteiger partial charge in [0.1, 0.15) is 0 Å². The fourth-order valence-electron chi connectivity index (χ4n) is 4.35. The molecule has 0 aliphatic carbocycles. The van der Waals surface area contributed by atoms with Crippen LogP contribution in [0.2, 0.25) is 0 Å². The van der Waals surface area contributed by atoms with Crippen LogP contribution in [0.4, 0.5) is 18.9 Å². The molecule has 1 saturated heterocycles. The molecule has 1 fully saturated rings. The highest BCUT2D eigenvalue weighted by atomic mass is 19.4. The van der Waals surface area contributed by atoms with E-state index < -0.39 is 11.7 Å². The lowest BCUT2D eigenvalue weighted by Crippen LogP contribution is -2.47. The maximum absolute atomic E-state index is 13.3. The minimum atomic E-state index is -4.42. The summed E-state index contributed by atoms with van der Waals surface area (Å²) in [6.45, 7) is 2.61. The summed E-state index contributed by atoms with van der Waals surface area (Å²) in [6, 6.07) is 24.8. The maximum Gasteiger partial charge on any atom is 0.416 e. The standard InChI is InChI=1S/C28H27F3N2O/c29-28(30,31)24-11-7-10-22(20-24)14-15-27(34)33(25-12-5-2-6-13-25)26-16-18-32(19-17-26)21-23-8-3-1-4-9-23/h1-15,20,26H,16-19,21H2. The number of halogens is 3. The summed E-state index contributed by atoms with van der Waals surface area (Å²) in [7, 11) is 0. The smallest absolute Gasteiger partial charge is 0.306 e. The SMILES string of the molecule is O=C(C=Cc1cccc(C(F)(F)F)c1)N(c1ccccc1)C1CCN(Cc2ccccc2)CC1. The van der Waals surface area contributed by atoms with Gasteiger partial charge in [-0.15, -0.1) is 0 Å². The van der Waals surface area contributed by atoms with E-state index in [9.17, 15) is 18.0 Å². The van der Waals surface area contributed by atoms with Gasteiger partial charge in [0.05, 0.1) is 5.56 Å². The van der Waals surface area contributed by atoms with E-state index in [1.165, 1.54) is 23.8 Å². The average molecular weight is 465 g/mol. The second-order valence-electron chi connectivity index (χ2n) is 8.49. The molecule has 0 radical (unpaired) electrons. The number of hydrogen-bond acceptors (Lipinski definition) is 2. The van der Waals surface area contributed by atoms with Gasteiger partial charge >= 0.3 is 6.18 Å². The van der Waals surface area contributed by atoms with Crippen LogP contribution in [0.25, 0.3) is 6.08 Å². The van der Waals surface area contributed by atoms with E-state index in [1.54, 1.807) is 11.0 Å². The van der Waals surface area contributed by atoms with E-state index in [1.807, 2.05) is 48.5 Å². The zero-order valence-electron chi connectivity index (χ0n) is 18.8. The van der Waals surface area contributed by atoms with Crippen molar-refractivity contribution in [1.29, 1.82) is 0 Å². The largest absolute Gasteiger partial charge is 0.416 e. The number of para-hydroxylation sites is 1. The van der Waals surface area contributed by atoms with Crippen LogP contribution in [-0.4, -0.2) is 29.9 Å². The summed E-state index contributed by atoms with van der Waals surface area (Å²) < 4.78 is 39.1. The second-order valence-corrected chi connectivity index (χ2v) is 8.49. The van der Waals surface area contributed by atoms with Gasteiger partial charge in [-0.3, -0.25) is 9.69 Å². The molecule has 3 aromatic rings. The Morgan fingerprint density at radius 2 is 1.56 bits per heavy atom. The van der Waals surface area contributed by atoms with E-state index in [4.69, 9.17) is 0 Å². The maximum atomic E-state index is 13.3. The molecule has 0 N–H and O–H groups in total. The summed E-state index contributed by atoms with van der Waals surface area (Å²) in [5, 5.41) is 0. The van der Waals surface area contributed by atoms with Gasteiger partial charge in [0.25, 0.3) is 5.91 Å². The van der Waals surface area contributed by atoms with Crippen molar-refractivity contribution < 1.29 is 18.0 Å². The summed E-state index contributed by atoms with van der Waals surface area (Å²) in [6.07, 6.45) is 0.0598. The molecule has 1 aliphatic rings. The Bertz CT molecular complexity index is 1110. The Labute approximate surface area is 198 Å². The minimum Gasteiger partial charge on any atom is -0.306 e. The van der Waals surface area contributed by atoms with Crippen LogP contribution in [0.1, 0.15) is 29.5 Å². The molecular formula is C28H27F3N2O. The van der Waals surface area contributed by atoms with E-state index in [0.29, 0.717) is 5.56 Å². The van der Waals surface area contributed by atoms with Crippen LogP contribution in [0, 0.1) is 0 Å². The number of carbonyl (C=O) groups excluding carboxylic acids is 1. The first-order valence-electron chi connectivity index (χ1n) is 11.4. The van der Waals surface area contributed by atoms with Crippen molar-refractivity contribution in [2.45, 2.75) is 31.6 Å². The van der Waals surface area contributed by atoms with Crippen molar-refractivity contribution in [3.05, 3.63) is 108 Å². The topological polar surface area (TPSA) is 23.6 Å². The second kappa shape index (κ2) is 10.7. The molecule has 0 spiro atoms. The number of hydrogen-bond donors (Lipinski definition) is 0. The molecule has 4 rings (SSSR count). The van der Waals surface area contributed by atoms with Crippen LogP contribution >= 0.6 is 0 Å². The van der Waals surface area contributed by atoms with Crippen molar-refractivity contribution in [1.82, 2.24) is 4.90 Å². The Kier molecular flexibility index (Phi) is 7.48. The molecule has 34 heavy (non-hydrogen) atoms. The number of alkyl halides is 3. The fraction of sp³-hybridized carbons (Fsp3) is 0.250. The Hall–Kier alpha value is -3.38. The van der Waals surface area contributed by atoms with Crippen LogP contribution < -0.4 is 4.90 Å². The van der Waals surface area contributed by atoms with Crippen LogP contribution in [0.15, 0.2) is 91.0 Å². The van der Waals surface area contributed by atoms with Crippen molar-refractivity contribution >= 4 is 17.7 Å². The van der Waals surface area contributed by atoms with Crippen LogP contribution in [0.3, 0.4) is 0 Å². The first kappa shape index (κ1) is 23.8. The monoisotopic (exact) mass is 464 g/mol. The predicted molar refractivity (Wildman–Crippen MR) is 129 cm³/mol. The number of benzene rings is 3. The first-order valence-corrected chi connectivity index (χ1v) is 11.4. The van der Waals surface area contributed by atoms with Crippen molar-refractivity contribution in [2.75, 3.05) is 18.0 Å². The van der Waals surface area contributed by atoms with Gasteiger partial charge < -0.3 is 4.90 Å². The molecular weight excluding hydrogens is 437 g/mol. The molecule has 3 aromatic carbocycles. The zero-order chi connectivity index (χ0) is 24.0. The lowest BCUT2D eigenvalue weighted by atomic mass is 10.0. The van der Waals surface area contributed by atoms with E-state index >= 15 is 0 Å². The zero-order valence-corrected chi connectivity index (χ0v) is 18.8. The minimum absolute atomic E-state index is 0.0214. The average Bonchev–Trinajstić information content (AvgIpc) is 2.85. The molecule has 176 valence electrons. The number of nitrogens with zero attached hydrogens (tertiary/aromatic N) is 2. The van der Waals surface area contributed by atoms with Gasteiger partial charge in [-0.1, -0.05) is 60.7 Å². The highest BCUT2D eigenvalue weighted by Crippen LogP contribution is 2.30.